The second-order valence-electron chi connectivity index (χ2n) is 6.59. The van der Waals surface area contributed by atoms with Gasteiger partial charge in [-0.25, -0.2) is 9.59 Å². The van der Waals surface area contributed by atoms with Gasteiger partial charge >= 0.3 is 11.9 Å². The molecule has 2 aromatic carbocycles. The van der Waals surface area contributed by atoms with Gasteiger partial charge in [-0.05, 0) is 49.3 Å². The predicted octanol–water partition coefficient (Wildman–Crippen LogP) is 3.25. The summed E-state index contributed by atoms with van der Waals surface area (Å²) < 4.78 is 15.2. The van der Waals surface area contributed by atoms with Crippen LogP contribution in [0.2, 0.25) is 0 Å². The third kappa shape index (κ3) is 9.75. The van der Waals surface area contributed by atoms with E-state index in [4.69, 9.17) is 14.2 Å². The van der Waals surface area contributed by atoms with E-state index < -0.39 is 24.1 Å². The summed E-state index contributed by atoms with van der Waals surface area (Å²) in [6.07, 6.45) is 4.71. The normalized spacial score (nSPS) is 13.1. The maximum atomic E-state index is 11.8. The molecule has 0 bridgehead atoms. The molecule has 31 heavy (non-hydrogen) atoms. The summed E-state index contributed by atoms with van der Waals surface area (Å²) >= 11 is 0. The molecular weight excluding hydrogens is 400 g/mol. The molecule has 0 saturated carbocycles. The van der Waals surface area contributed by atoms with Crippen LogP contribution in [0, 0.1) is 0 Å². The SMILES string of the molecule is O=C(OCC(O)CC=COC=CCC(O)COC(=O)c1ccccc1)c1ccccc1. The molecule has 0 spiro atoms. The maximum absolute atomic E-state index is 11.8. The predicted molar refractivity (Wildman–Crippen MR) is 114 cm³/mol. The molecule has 0 aromatic heterocycles. The van der Waals surface area contributed by atoms with Gasteiger partial charge in [0.15, 0.2) is 0 Å². The molecule has 0 heterocycles. The highest BCUT2D eigenvalue weighted by Gasteiger charge is 2.10. The van der Waals surface area contributed by atoms with Crippen molar-refractivity contribution in [2.45, 2.75) is 25.0 Å². The minimum absolute atomic E-state index is 0.123. The lowest BCUT2D eigenvalue weighted by atomic mass is 10.2. The summed E-state index contributed by atoms with van der Waals surface area (Å²) in [5, 5.41) is 19.7. The Labute approximate surface area is 181 Å². The van der Waals surface area contributed by atoms with Crippen LogP contribution in [0.4, 0.5) is 0 Å². The van der Waals surface area contributed by atoms with Gasteiger partial charge in [0.2, 0.25) is 0 Å². The fourth-order valence-corrected chi connectivity index (χ4v) is 2.38. The van der Waals surface area contributed by atoms with E-state index in [2.05, 4.69) is 0 Å². The molecule has 2 N–H and O–H groups in total. The Bertz CT molecular complexity index is 775. The van der Waals surface area contributed by atoms with Crippen LogP contribution in [-0.2, 0) is 14.2 Å². The fourth-order valence-electron chi connectivity index (χ4n) is 2.38. The molecule has 0 fully saturated rings. The van der Waals surface area contributed by atoms with Gasteiger partial charge in [0.1, 0.15) is 13.2 Å². The quantitative estimate of drug-likeness (QED) is 0.397. The van der Waals surface area contributed by atoms with Gasteiger partial charge in [0, 0.05) is 0 Å². The molecule has 2 unspecified atom stereocenters. The number of rotatable bonds is 12. The molecule has 0 aliphatic rings. The van der Waals surface area contributed by atoms with E-state index in [1.807, 2.05) is 0 Å². The number of aliphatic hydroxyl groups excluding tert-OH is 2. The van der Waals surface area contributed by atoms with Crippen molar-refractivity contribution in [3.63, 3.8) is 0 Å². The Balaban J connectivity index is 1.54. The molecular formula is C24H26O7. The van der Waals surface area contributed by atoms with E-state index in [1.165, 1.54) is 12.5 Å². The van der Waals surface area contributed by atoms with Crippen molar-refractivity contribution in [2.75, 3.05) is 13.2 Å². The molecule has 0 radical (unpaired) electrons. The smallest absolute Gasteiger partial charge is 0.338 e. The zero-order valence-electron chi connectivity index (χ0n) is 17.0. The Hall–Kier alpha value is -3.42. The number of ether oxygens (including phenoxy) is 3. The lowest BCUT2D eigenvalue weighted by Gasteiger charge is -2.09. The first-order valence-corrected chi connectivity index (χ1v) is 9.82. The van der Waals surface area contributed by atoms with Gasteiger partial charge < -0.3 is 24.4 Å². The topological polar surface area (TPSA) is 102 Å². The van der Waals surface area contributed by atoms with Gasteiger partial charge in [-0.15, -0.1) is 0 Å². The standard InChI is InChI=1S/C24H26O7/c25-21(17-30-23(27)19-9-3-1-4-10-19)13-7-15-29-16-8-14-22(26)18-31-24(28)20-11-5-2-6-12-20/h1-12,15-16,21-22,25-26H,13-14,17-18H2. The second kappa shape index (κ2) is 13.7. The van der Waals surface area contributed by atoms with Crippen LogP contribution in [0.5, 0.6) is 0 Å². The largest absolute Gasteiger partial charge is 0.473 e. The van der Waals surface area contributed by atoms with E-state index in [1.54, 1.807) is 72.8 Å². The van der Waals surface area contributed by atoms with Crippen molar-refractivity contribution >= 4 is 11.9 Å². The van der Waals surface area contributed by atoms with E-state index in [-0.39, 0.29) is 26.1 Å². The first kappa shape index (κ1) is 23.9. The van der Waals surface area contributed by atoms with Crippen molar-refractivity contribution in [1.82, 2.24) is 0 Å². The highest BCUT2D eigenvalue weighted by atomic mass is 16.5. The average molecular weight is 426 g/mol. The summed E-state index contributed by atoms with van der Waals surface area (Å²) in [5.74, 6) is -0.980. The van der Waals surface area contributed by atoms with Crippen LogP contribution in [0.15, 0.2) is 85.3 Å². The number of hydrogen-bond acceptors (Lipinski definition) is 7. The average Bonchev–Trinajstić information content (AvgIpc) is 2.81. The number of aliphatic hydroxyl groups is 2. The molecule has 7 heteroatoms. The number of benzene rings is 2. The lowest BCUT2D eigenvalue weighted by molar-refractivity contribution is 0.0261. The van der Waals surface area contributed by atoms with Crippen LogP contribution in [-0.4, -0.2) is 47.6 Å². The second-order valence-corrected chi connectivity index (χ2v) is 6.59. The van der Waals surface area contributed by atoms with E-state index in [9.17, 15) is 19.8 Å². The van der Waals surface area contributed by atoms with Crippen molar-refractivity contribution < 1.29 is 34.0 Å². The Morgan fingerprint density at radius 3 is 1.48 bits per heavy atom. The van der Waals surface area contributed by atoms with Crippen LogP contribution < -0.4 is 0 Å². The third-order valence-electron chi connectivity index (χ3n) is 4.00. The molecule has 164 valence electrons. The Morgan fingerprint density at radius 1 is 0.710 bits per heavy atom. The Kier molecular flexibility index (Phi) is 10.6. The van der Waals surface area contributed by atoms with Gasteiger partial charge in [-0.1, -0.05) is 36.4 Å². The summed E-state index contributed by atoms with van der Waals surface area (Å²) in [5.41, 5.74) is 0.853. The molecule has 0 aliphatic heterocycles. The number of carbonyl (C=O) groups is 2. The minimum atomic E-state index is -0.849. The van der Waals surface area contributed by atoms with Gasteiger partial charge in [0.05, 0.1) is 35.9 Å². The summed E-state index contributed by atoms with van der Waals surface area (Å²) in [6, 6.07) is 17.1. The third-order valence-corrected chi connectivity index (χ3v) is 4.00. The lowest BCUT2D eigenvalue weighted by Crippen LogP contribution is -2.18. The highest BCUT2D eigenvalue weighted by Crippen LogP contribution is 2.04. The summed E-state index contributed by atoms with van der Waals surface area (Å²) in [6.45, 7) is -0.246. The van der Waals surface area contributed by atoms with Crippen LogP contribution in [0.3, 0.4) is 0 Å². The van der Waals surface area contributed by atoms with Crippen molar-refractivity contribution in [3.8, 4) is 0 Å². The zero-order chi connectivity index (χ0) is 22.3. The molecule has 2 aromatic rings. The van der Waals surface area contributed by atoms with Gasteiger partial charge in [-0.2, -0.15) is 0 Å². The number of esters is 2. The van der Waals surface area contributed by atoms with Gasteiger partial charge in [-0.3, -0.25) is 0 Å². The molecule has 2 rings (SSSR count). The van der Waals surface area contributed by atoms with E-state index in [0.29, 0.717) is 11.1 Å². The summed E-state index contributed by atoms with van der Waals surface area (Å²) in [7, 11) is 0. The first-order chi connectivity index (χ1) is 15.1. The number of hydrogen-bond donors (Lipinski definition) is 2. The molecule has 7 nitrogen and oxygen atoms in total. The molecule has 0 amide bonds. The van der Waals surface area contributed by atoms with Crippen LogP contribution in [0.25, 0.3) is 0 Å². The number of carbonyl (C=O) groups excluding carboxylic acids is 2. The zero-order valence-corrected chi connectivity index (χ0v) is 17.0. The summed E-state index contributed by atoms with van der Waals surface area (Å²) in [4.78, 5) is 23.6. The molecule has 0 saturated heterocycles. The first-order valence-electron chi connectivity index (χ1n) is 9.82. The van der Waals surface area contributed by atoms with Crippen molar-refractivity contribution in [3.05, 3.63) is 96.5 Å². The van der Waals surface area contributed by atoms with Crippen molar-refractivity contribution in [1.29, 1.82) is 0 Å². The highest BCUT2D eigenvalue weighted by molar-refractivity contribution is 5.89. The monoisotopic (exact) mass is 426 g/mol. The van der Waals surface area contributed by atoms with Crippen molar-refractivity contribution in [2.24, 2.45) is 0 Å². The fraction of sp³-hybridized carbons (Fsp3) is 0.250. The van der Waals surface area contributed by atoms with Crippen LogP contribution >= 0.6 is 0 Å². The van der Waals surface area contributed by atoms with Crippen LogP contribution in [0.1, 0.15) is 33.6 Å². The van der Waals surface area contributed by atoms with E-state index in [0.717, 1.165) is 0 Å². The van der Waals surface area contributed by atoms with Gasteiger partial charge in [0.25, 0.3) is 0 Å². The van der Waals surface area contributed by atoms with E-state index >= 15 is 0 Å². The maximum Gasteiger partial charge on any atom is 0.338 e. The molecule has 0 aliphatic carbocycles. The Morgan fingerprint density at radius 2 is 1.10 bits per heavy atom. The minimum Gasteiger partial charge on any atom is -0.473 e. The molecule has 2 atom stereocenters.